The lowest BCUT2D eigenvalue weighted by molar-refractivity contribution is -0.166. The van der Waals surface area contributed by atoms with Gasteiger partial charge in [0.05, 0.1) is 5.92 Å². The number of nitrogens with two attached hydrogens (primary N) is 1. The van der Waals surface area contributed by atoms with E-state index in [0.29, 0.717) is 12.8 Å². The van der Waals surface area contributed by atoms with E-state index >= 15 is 0 Å². The number of nitrogens with one attached hydrogen (secondary N) is 1. The molecule has 8 heteroatoms. The Labute approximate surface area is 183 Å². The van der Waals surface area contributed by atoms with Crippen LogP contribution in [0.5, 0.6) is 0 Å². The molecule has 0 aliphatic carbocycles. The summed E-state index contributed by atoms with van der Waals surface area (Å²) >= 11 is 0. The molecule has 3 N–H and O–H groups in total. The number of ether oxygens (including phenoxy) is 1. The van der Waals surface area contributed by atoms with E-state index in [2.05, 4.69) is 5.43 Å². The third-order valence-electron chi connectivity index (χ3n) is 5.07. The van der Waals surface area contributed by atoms with Crippen LogP contribution < -0.4 is 11.3 Å². The first-order chi connectivity index (χ1) is 13.4. The zero-order valence-electron chi connectivity index (χ0n) is 20.5. The molecule has 0 spiro atoms. The van der Waals surface area contributed by atoms with Crippen molar-refractivity contribution in [2.45, 2.75) is 91.9 Å². The summed E-state index contributed by atoms with van der Waals surface area (Å²) in [6.07, 6.45) is 2.18. The van der Waals surface area contributed by atoms with Crippen molar-refractivity contribution in [3.05, 3.63) is 0 Å². The third kappa shape index (κ3) is 7.84. The Hall–Kier alpha value is -1.15. The first-order valence-electron chi connectivity index (χ1n) is 10.8. The Morgan fingerprint density at radius 3 is 1.63 bits per heavy atom. The summed E-state index contributed by atoms with van der Waals surface area (Å²) in [6, 6.07) is 0. The van der Waals surface area contributed by atoms with Gasteiger partial charge in [-0.3, -0.25) is 15.0 Å². The van der Waals surface area contributed by atoms with Gasteiger partial charge in [0.25, 0.3) is 5.91 Å². The maximum Gasteiger partial charge on any atom is 0.311 e. The van der Waals surface area contributed by atoms with E-state index in [4.69, 9.17) is 10.6 Å². The molecule has 2 atom stereocenters. The average Bonchev–Trinajstić information content (AvgIpc) is 2.48. The molecule has 0 aliphatic rings. The molecule has 178 valence electrons. The quantitative estimate of drug-likeness (QED) is 0.216. The Bertz CT molecular complexity index is 670. The lowest BCUT2D eigenvalue weighted by Crippen LogP contribution is -2.63. The molecule has 0 rings (SSSR count). The van der Waals surface area contributed by atoms with Crippen molar-refractivity contribution in [3.8, 4) is 0 Å². The fourth-order valence-corrected chi connectivity index (χ4v) is 6.13. The summed E-state index contributed by atoms with van der Waals surface area (Å²) in [4.78, 5) is 26.7. The van der Waals surface area contributed by atoms with Crippen LogP contribution in [0.25, 0.3) is 0 Å². The molecule has 0 fully saturated rings. The van der Waals surface area contributed by atoms with E-state index in [9.17, 15) is 18.0 Å². The second-order valence-electron chi connectivity index (χ2n) is 10.8. The average molecular weight is 449 g/mol. The van der Waals surface area contributed by atoms with Gasteiger partial charge in [0, 0.05) is 6.26 Å². The highest BCUT2D eigenvalue weighted by molar-refractivity contribution is 7.93. The topological polar surface area (TPSA) is 116 Å². The highest BCUT2D eigenvalue weighted by atomic mass is 32.2. The molecule has 0 saturated heterocycles. The molecular formula is C22H44N2O5S. The predicted octanol–water partition coefficient (Wildman–Crippen LogP) is 3.47. The highest BCUT2D eigenvalue weighted by Gasteiger charge is 2.60. The molecule has 0 aliphatic heterocycles. The van der Waals surface area contributed by atoms with Crippen LogP contribution in [0.1, 0.15) is 81.6 Å². The number of hydrogen-bond donors (Lipinski definition) is 2. The maximum atomic E-state index is 13.6. The number of esters is 1. The maximum absolute atomic E-state index is 13.6. The molecule has 0 radical (unpaired) electrons. The Morgan fingerprint density at radius 1 is 0.933 bits per heavy atom. The normalized spacial score (nSPS) is 16.1. The number of hydrogen-bond acceptors (Lipinski definition) is 6. The summed E-state index contributed by atoms with van der Waals surface area (Å²) in [6.45, 7) is 16.9. The summed E-state index contributed by atoms with van der Waals surface area (Å²) in [5, 5.41) is 0. The van der Waals surface area contributed by atoms with Crippen LogP contribution in [0.3, 0.4) is 0 Å². The zero-order chi connectivity index (χ0) is 24.1. The van der Waals surface area contributed by atoms with E-state index in [1.54, 1.807) is 20.8 Å². The van der Waals surface area contributed by atoms with Crippen molar-refractivity contribution in [3.63, 3.8) is 0 Å². The van der Waals surface area contributed by atoms with Crippen LogP contribution in [-0.2, 0) is 24.2 Å². The number of rotatable bonds is 11. The van der Waals surface area contributed by atoms with Crippen molar-refractivity contribution in [2.24, 2.45) is 35.4 Å². The van der Waals surface area contributed by atoms with E-state index in [1.165, 1.54) is 0 Å². The molecule has 30 heavy (non-hydrogen) atoms. The molecule has 0 unspecified atom stereocenters. The molecule has 0 aromatic carbocycles. The molecule has 0 heterocycles. The highest BCUT2D eigenvalue weighted by Crippen LogP contribution is 2.43. The van der Waals surface area contributed by atoms with Gasteiger partial charge >= 0.3 is 5.97 Å². The van der Waals surface area contributed by atoms with E-state index in [-0.39, 0.29) is 30.1 Å². The SMILES string of the molecule is CC(C)CC(CC(C)C)[C@@H](C(=O)OC(C)(C)C)[C@](CC(C)C)(C(=O)NN)S(C)(=O)=O. The van der Waals surface area contributed by atoms with Gasteiger partial charge in [-0.05, 0) is 63.7 Å². The monoisotopic (exact) mass is 448 g/mol. The molecule has 0 aromatic heterocycles. The van der Waals surface area contributed by atoms with E-state index in [1.807, 2.05) is 41.5 Å². The number of hydrazine groups is 1. The first kappa shape index (κ1) is 28.9. The minimum absolute atomic E-state index is 0.0224. The summed E-state index contributed by atoms with van der Waals surface area (Å²) in [5.41, 5.74) is 1.23. The smallest absolute Gasteiger partial charge is 0.311 e. The van der Waals surface area contributed by atoms with Crippen molar-refractivity contribution >= 4 is 21.7 Å². The van der Waals surface area contributed by atoms with Crippen LogP contribution in [0.2, 0.25) is 0 Å². The van der Waals surface area contributed by atoms with Gasteiger partial charge in [-0.25, -0.2) is 14.3 Å². The largest absolute Gasteiger partial charge is 0.460 e. The molecule has 0 bridgehead atoms. The molecule has 0 saturated carbocycles. The summed E-state index contributed by atoms with van der Waals surface area (Å²) in [7, 11) is -4.04. The molecule has 1 amide bonds. The van der Waals surface area contributed by atoms with Gasteiger partial charge in [0.15, 0.2) is 14.6 Å². The lowest BCUT2D eigenvalue weighted by Gasteiger charge is -2.42. The lowest BCUT2D eigenvalue weighted by atomic mass is 9.71. The van der Waals surface area contributed by atoms with Gasteiger partial charge in [0.1, 0.15) is 5.60 Å². The minimum Gasteiger partial charge on any atom is -0.460 e. The molecular weight excluding hydrogens is 404 g/mol. The number of sulfone groups is 1. The fourth-order valence-electron chi connectivity index (χ4n) is 4.35. The summed E-state index contributed by atoms with van der Waals surface area (Å²) in [5.74, 6) is 2.69. The van der Waals surface area contributed by atoms with Crippen LogP contribution in [0.4, 0.5) is 0 Å². The minimum atomic E-state index is -4.04. The number of carbonyl (C=O) groups is 2. The van der Waals surface area contributed by atoms with Crippen molar-refractivity contribution in [1.82, 2.24) is 5.43 Å². The van der Waals surface area contributed by atoms with Gasteiger partial charge < -0.3 is 4.74 Å². The second kappa shape index (κ2) is 10.9. The van der Waals surface area contributed by atoms with E-state index in [0.717, 1.165) is 6.26 Å². The Morgan fingerprint density at radius 2 is 1.37 bits per heavy atom. The molecule has 0 aromatic rings. The van der Waals surface area contributed by atoms with Gasteiger partial charge in [-0.15, -0.1) is 0 Å². The van der Waals surface area contributed by atoms with Crippen LogP contribution in [-0.4, -0.2) is 36.9 Å². The van der Waals surface area contributed by atoms with Crippen LogP contribution in [0, 0.1) is 29.6 Å². The Kier molecular flexibility index (Phi) is 10.5. The van der Waals surface area contributed by atoms with Gasteiger partial charge in [-0.2, -0.15) is 0 Å². The van der Waals surface area contributed by atoms with Crippen molar-refractivity contribution in [2.75, 3.05) is 6.26 Å². The predicted molar refractivity (Wildman–Crippen MR) is 121 cm³/mol. The van der Waals surface area contributed by atoms with E-state index < -0.39 is 38.0 Å². The Balaban J connectivity index is 7.09. The van der Waals surface area contributed by atoms with Crippen molar-refractivity contribution in [1.29, 1.82) is 0 Å². The van der Waals surface area contributed by atoms with Gasteiger partial charge in [-0.1, -0.05) is 41.5 Å². The van der Waals surface area contributed by atoms with Crippen LogP contribution in [0.15, 0.2) is 0 Å². The first-order valence-corrected chi connectivity index (χ1v) is 12.7. The van der Waals surface area contributed by atoms with Gasteiger partial charge in [0.2, 0.25) is 0 Å². The van der Waals surface area contributed by atoms with Crippen LogP contribution >= 0.6 is 0 Å². The molecule has 7 nitrogen and oxygen atoms in total. The number of amides is 1. The zero-order valence-corrected chi connectivity index (χ0v) is 21.4. The fraction of sp³-hybridized carbons (Fsp3) is 0.909. The summed E-state index contributed by atoms with van der Waals surface area (Å²) < 4.78 is 30.2. The number of carbonyl (C=O) groups excluding carboxylic acids is 2. The third-order valence-corrected chi connectivity index (χ3v) is 7.00. The second-order valence-corrected chi connectivity index (χ2v) is 13.0. The standard InChI is InChI=1S/C22H44N2O5S/c1-14(2)11-17(12-15(3)4)18(19(25)29-21(7,8)9)22(13-16(5)6,20(26)24-23)30(10,27)28/h14-18H,11-13,23H2,1-10H3,(H,24,26)/t18-,22+/m0/s1. The van der Waals surface area contributed by atoms with Crippen molar-refractivity contribution < 1.29 is 22.7 Å².